The monoisotopic (exact) mass is 477 g/mol. The predicted octanol–water partition coefficient (Wildman–Crippen LogP) is 5.05. The lowest BCUT2D eigenvalue weighted by Crippen LogP contribution is -2.49. The lowest BCUT2D eigenvalue weighted by atomic mass is 10.1. The summed E-state index contributed by atoms with van der Waals surface area (Å²) in [6, 6.07) is 12.8. The van der Waals surface area contributed by atoms with E-state index in [1.54, 1.807) is 18.2 Å². The molecule has 1 saturated heterocycles. The van der Waals surface area contributed by atoms with Gasteiger partial charge in [-0.2, -0.15) is 0 Å². The van der Waals surface area contributed by atoms with Crippen LogP contribution in [0.2, 0.25) is 5.02 Å². The van der Waals surface area contributed by atoms with Crippen LogP contribution in [0.5, 0.6) is 0 Å². The number of nitrogens with one attached hydrogen (secondary N) is 1. The first-order valence-electron chi connectivity index (χ1n) is 9.72. The van der Waals surface area contributed by atoms with Crippen molar-refractivity contribution in [1.82, 2.24) is 4.90 Å². The van der Waals surface area contributed by atoms with E-state index in [-0.39, 0.29) is 11.8 Å². The summed E-state index contributed by atoms with van der Waals surface area (Å²) in [6.07, 6.45) is 0.578. The summed E-state index contributed by atoms with van der Waals surface area (Å²) in [5, 5.41) is 3.55. The van der Waals surface area contributed by atoms with E-state index in [1.165, 1.54) is 0 Å². The number of hydrogen-bond acceptors (Lipinski definition) is 3. The summed E-state index contributed by atoms with van der Waals surface area (Å²) in [6.45, 7) is 6.89. The van der Waals surface area contributed by atoms with Crippen LogP contribution in [0.4, 0.5) is 11.4 Å². The minimum Gasteiger partial charge on any atom is -0.366 e. The molecule has 2 amide bonds. The molecular weight excluding hydrogens is 454 g/mol. The second-order valence-corrected chi connectivity index (χ2v) is 8.94. The molecule has 2 aromatic rings. The van der Waals surface area contributed by atoms with Gasteiger partial charge in [0.1, 0.15) is 0 Å². The molecule has 1 N–H and O–H groups in total. The Labute approximate surface area is 185 Å². The van der Waals surface area contributed by atoms with Gasteiger partial charge in [0.25, 0.3) is 5.91 Å². The van der Waals surface area contributed by atoms with Crippen molar-refractivity contribution in [2.45, 2.75) is 20.3 Å². The normalized spacial score (nSPS) is 14.2. The third-order valence-corrected chi connectivity index (χ3v) is 5.58. The Morgan fingerprint density at radius 3 is 2.48 bits per heavy atom. The van der Waals surface area contributed by atoms with Crippen LogP contribution < -0.4 is 10.2 Å². The number of hydrogen-bond donors (Lipinski definition) is 1. The topological polar surface area (TPSA) is 52.7 Å². The molecule has 154 valence electrons. The molecule has 3 rings (SSSR count). The Kier molecular flexibility index (Phi) is 7.19. The first kappa shape index (κ1) is 21.7. The van der Waals surface area contributed by atoms with Crippen LogP contribution in [-0.4, -0.2) is 42.9 Å². The zero-order chi connectivity index (χ0) is 21.0. The molecule has 0 atom stereocenters. The molecule has 0 saturated carbocycles. The van der Waals surface area contributed by atoms with E-state index in [2.05, 4.69) is 40.0 Å². The Balaban J connectivity index is 1.73. The second kappa shape index (κ2) is 9.63. The van der Waals surface area contributed by atoms with Gasteiger partial charge >= 0.3 is 0 Å². The molecule has 1 heterocycles. The number of halogens is 2. The first-order chi connectivity index (χ1) is 13.8. The number of amides is 2. The van der Waals surface area contributed by atoms with Gasteiger partial charge in [-0.3, -0.25) is 9.59 Å². The number of carbonyl (C=O) groups excluding carboxylic acids is 2. The lowest BCUT2D eigenvalue weighted by molar-refractivity contribution is -0.132. The molecule has 0 radical (unpaired) electrons. The van der Waals surface area contributed by atoms with Crippen LogP contribution in [0, 0.1) is 5.92 Å². The Morgan fingerprint density at radius 2 is 1.83 bits per heavy atom. The van der Waals surface area contributed by atoms with Crippen molar-refractivity contribution in [3.05, 3.63) is 57.5 Å². The second-order valence-electron chi connectivity index (χ2n) is 7.59. The molecular formula is C22H25BrClN3O2. The van der Waals surface area contributed by atoms with Crippen molar-refractivity contribution in [3.8, 4) is 0 Å². The first-order valence-corrected chi connectivity index (χ1v) is 10.9. The van der Waals surface area contributed by atoms with E-state index in [0.717, 1.165) is 10.2 Å². The van der Waals surface area contributed by atoms with Gasteiger partial charge in [-0.05, 0) is 42.3 Å². The van der Waals surface area contributed by atoms with Gasteiger partial charge in [0, 0.05) is 47.7 Å². The average Bonchev–Trinajstić information content (AvgIpc) is 2.68. The van der Waals surface area contributed by atoms with Crippen LogP contribution in [0.25, 0.3) is 0 Å². The molecule has 0 bridgehead atoms. The van der Waals surface area contributed by atoms with E-state index < -0.39 is 0 Å². The Morgan fingerprint density at radius 1 is 1.10 bits per heavy atom. The fourth-order valence-corrected chi connectivity index (χ4v) is 3.95. The number of piperazine rings is 1. The summed E-state index contributed by atoms with van der Waals surface area (Å²) in [5.74, 6) is 0.371. The van der Waals surface area contributed by atoms with Gasteiger partial charge < -0.3 is 15.1 Å². The van der Waals surface area contributed by atoms with E-state index >= 15 is 0 Å². The summed E-state index contributed by atoms with van der Waals surface area (Å²) in [5.41, 5.74) is 2.15. The highest BCUT2D eigenvalue weighted by Crippen LogP contribution is 2.31. The summed E-state index contributed by atoms with van der Waals surface area (Å²) in [7, 11) is 0. The molecule has 0 aromatic heterocycles. The highest BCUT2D eigenvalue weighted by atomic mass is 79.9. The molecule has 29 heavy (non-hydrogen) atoms. The van der Waals surface area contributed by atoms with E-state index in [4.69, 9.17) is 11.6 Å². The summed E-state index contributed by atoms with van der Waals surface area (Å²) >= 11 is 9.59. The summed E-state index contributed by atoms with van der Waals surface area (Å²) in [4.78, 5) is 29.1. The van der Waals surface area contributed by atoms with E-state index in [9.17, 15) is 9.59 Å². The minimum absolute atomic E-state index is 0.194. The van der Waals surface area contributed by atoms with E-state index in [1.807, 2.05) is 29.2 Å². The zero-order valence-electron chi connectivity index (χ0n) is 16.6. The highest BCUT2D eigenvalue weighted by Gasteiger charge is 2.23. The van der Waals surface area contributed by atoms with Crippen molar-refractivity contribution >= 4 is 50.7 Å². The number of nitrogens with zero attached hydrogens (tertiary/aromatic N) is 2. The Hall–Kier alpha value is -2.05. The van der Waals surface area contributed by atoms with Gasteiger partial charge in [0.05, 0.1) is 11.4 Å². The number of anilines is 2. The van der Waals surface area contributed by atoms with Crippen LogP contribution in [0.1, 0.15) is 30.6 Å². The van der Waals surface area contributed by atoms with Crippen LogP contribution >= 0.6 is 27.5 Å². The van der Waals surface area contributed by atoms with Crippen molar-refractivity contribution in [1.29, 1.82) is 0 Å². The molecule has 1 aliphatic rings. The van der Waals surface area contributed by atoms with Crippen LogP contribution in [0.3, 0.4) is 0 Å². The van der Waals surface area contributed by atoms with Crippen molar-refractivity contribution in [3.63, 3.8) is 0 Å². The Bertz CT molecular complexity index is 895. The number of carbonyl (C=O) groups is 2. The highest BCUT2D eigenvalue weighted by molar-refractivity contribution is 9.10. The largest absolute Gasteiger partial charge is 0.366 e. The van der Waals surface area contributed by atoms with Crippen LogP contribution in [0.15, 0.2) is 46.9 Å². The van der Waals surface area contributed by atoms with Crippen molar-refractivity contribution < 1.29 is 9.59 Å². The van der Waals surface area contributed by atoms with Crippen LogP contribution in [-0.2, 0) is 4.79 Å². The zero-order valence-corrected chi connectivity index (χ0v) is 19.0. The van der Waals surface area contributed by atoms with Crippen molar-refractivity contribution in [2.75, 3.05) is 36.4 Å². The van der Waals surface area contributed by atoms with Crippen molar-refractivity contribution in [2.24, 2.45) is 5.92 Å². The molecule has 5 nitrogen and oxygen atoms in total. The van der Waals surface area contributed by atoms with Gasteiger partial charge in [-0.15, -0.1) is 0 Å². The SMILES string of the molecule is CC(C)CC(=O)N1CCN(c2ccc(Cl)cc2NC(=O)c2cccc(Br)c2)CC1. The third kappa shape index (κ3) is 5.73. The predicted molar refractivity (Wildman–Crippen MR) is 122 cm³/mol. The molecule has 0 unspecified atom stereocenters. The number of benzene rings is 2. The molecule has 0 aliphatic carbocycles. The van der Waals surface area contributed by atoms with Gasteiger partial charge in [0.15, 0.2) is 0 Å². The van der Waals surface area contributed by atoms with E-state index in [0.29, 0.717) is 54.8 Å². The fraction of sp³-hybridized carbons (Fsp3) is 0.364. The average molecular weight is 479 g/mol. The van der Waals surface area contributed by atoms with Gasteiger partial charge in [-0.25, -0.2) is 0 Å². The number of rotatable bonds is 5. The fourth-order valence-electron chi connectivity index (χ4n) is 3.38. The standard InChI is InChI=1S/C22H25BrClN3O2/c1-15(2)12-21(28)27-10-8-26(9-11-27)20-7-6-18(24)14-19(20)25-22(29)16-4-3-5-17(23)13-16/h3-7,13-15H,8-12H2,1-2H3,(H,25,29). The molecule has 7 heteroatoms. The van der Waals surface area contributed by atoms with Gasteiger partial charge in [0.2, 0.25) is 5.91 Å². The lowest BCUT2D eigenvalue weighted by Gasteiger charge is -2.37. The quantitative estimate of drug-likeness (QED) is 0.654. The van der Waals surface area contributed by atoms with Gasteiger partial charge in [-0.1, -0.05) is 47.4 Å². The molecule has 1 aliphatic heterocycles. The summed E-state index contributed by atoms with van der Waals surface area (Å²) < 4.78 is 0.846. The third-order valence-electron chi connectivity index (χ3n) is 4.85. The molecule has 2 aromatic carbocycles. The maximum atomic E-state index is 12.7. The molecule has 0 spiro atoms. The maximum Gasteiger partial charge on any atom is 0.255 e. The molecule has 1 fully saturated rings. The maximum absolute atomic E-state index is 12.7. The smallest absolute Gasteiger partial charge is 0.255 e. The minimum atomic E-state index is -0.194.